The van der Waals surface area contributed by atoms with Gasteiger partial charge in [0.2, 0.25) is 0 Å². The van der Waals surface area contributed by atoms with Gasteiger partial charge in [0.25, 0.3) is 11.8 Å². The van der Waals surface area contributed by atoms with Crippen molar-refractivity contribution >= 4 is 43.7 Å². The molecule has 0 bridgehead atoms. The predicted molar refractivity (Wildman–Crippen MR) is 119 cm³/mol. The van der Waals surface area contributed by atoms with Gasteiger partial charge in [-0.3, -0.25) is 20.4 Å². The summed E-state index contributed by atoms with van der Waals surface area (Å²) < 4.78 is 12.6. The summed E-state index contributed by atoms with van der Waals surface area (Å²) in [5.74, 6) is 0.860. The maximum Gasteiger partial charge on any atom is 0.276 e. The Morgan fingerprint density at radius 1 is 0.966 bits per heavy atom. The van der Waals surface area contributed by atoms with E-state index in [1.165, 1.54) is 0 Å². The van der Waals surface area contributed by atoms with Gasteiger partial charge in [-0.25, -0.2) is 0 Å². The lowest BCUT2D eigenvalue weighted by molar-refractivity contribution is -0.123. The molecule has 0 atom stereocenters. The average molecular weight is 528 g/mol. The summed E-state index contributed by atoms with van der Waals surface area (Å²) in [5, 5.41) is 0. The molecule has 0 aliphatic rings. The van der Waals surface area contributed by atoms with Gasteiger partial charge in [0.05, 0.1) is 15.6 Å². The number of benzene rings is 2. The van der Waals surface area contributed by atoms with E-state index in [0.717, 1.165) is 16.5 Å². The van der Waals surface area contributed by atoms with Crippen LogP contribution >= 0.6 is 31.9 Å². The fourth-order valence-corrected chi connectivity index (χ4v) is 3.37. The fraction of sp³-hybridized carbons (Fsp3) is 0.333. The molecule has 0 radical (unpaired) electrons. The number of ether oxygens (including phenoxy) is 2. The minimum Gasteiger partial charge on any atom is -0.492 e. The number of hydrazine groups is 1. The van der Waals surface area contributed by atoms with E-state index < -0.39 is 11.8 Å². The molecule has 0 aliphatic heterocycles. The van der Waals surface area contributed by atoms with Crippen LogP contribution < -0.4 is 20.3 Å². The van der Waals surface area contributed by atoms with Crippen molar-refractivity contribution in [3.63, 3.8) is 0 Å². The highest BCUT2D eigenvalue weighted by molar-refractivity contribution is 9.10. The molecule has 0 unspecified atom stereocenters. The topological polar surface area (TPSA) is 76.7 Å². The second kappa shape index (κ2) is 11.2. The van der Waals surface area contributed by atoms with Crippen LogP contribution in [0.1, 0.15) is 36.2 Å². The van der Waals surface area contributed by atoms with Crippen molar-refractivity contribution in [3.8, 4) is 11.5 Å². The zero-order chi connectivity index (χ0) is 21.4. The lowest BCUT2D eigenvalue weighted by atomic mass is 10.1. The van der Waals surface area contributed by atoms with E-state index in [1.807, 2.05) is 19.1 Å². The van der Waals surface area contributed by atoms with Gasteiger partial charge >= 0.3 is 0 Å². The number of amides is 2. The number of halogens is 2. The van der Waals surface area contributed by atoms with Crippen molar-refractivity contribution in [2.75, 3.05) is 13.2 Å². The number of carbonyl (C=O) groups excluding carboxylic acids is 2. The average Bonchev–Trinajstić information content (AvgIpc) is 2.66. The Morgan fingerprint density at radius 2 is 1.62 bits per heavy atom. The summed E-state index contributed by atoms with van der Waals surface area (Å²) in [6.07, 6.45) is 0.946. The molecule has 6 nitrogen and oxygen atoms in total. The number of carbonyl (C=O) groups is 2. The Hall–Kier alpha value is -2.06. The van der Waals surface area contributed by atoms with E-state index in [2.05, 4.69) is 56.6 Å². The predicted octanol–water partition coefficient (Wildman–Crippen LogP) is 4.78. The first-order valence-corrected chi connectivity index (χ1v) is 10.8. The monoisotopic (exact) mass is 526 g/mol. The number of hydrogen-bond donors (Lipinski definition) is 2. The summed E-state index contributed by atoms with van der Waals surface area (Å²) >= 11 is 6.79. The van der Waals surface area contributed by atoms with Crippen molar-refractivity contribution in [2.45, 2.75) is 27.2 Å². The van der Waals surface area contributed by atoms with Gasteiger partial charge in [0.15, 0.2) is 6.61 Å². The summed E-state index contributed by atoms with van der Waals surface area (Å²) in [6, 6.07) is 10.5. The Morgan fingerprint density at radius 3 is 2.28 bits per heavy atom. The molecule has 0 heterocycles. The molecule has 0 aliphatic carbocycles. The van der Waals surface area contributed by atoms with Crippen LogP contribution in [0.15, 0.2) is 45.3 Å². The molecular weight excluding hydrogens is 504 g/mol. The van der Waals surface area contributed by atoms with Gasteiger partial charge < -0.3 is 9.47 Å². The van der Waals surface area contributed by atoms with E-state index in [1.54, 1.807) is 24.3 Å². The SMILES string of the molecule is Cc1ccc(OCC(=O)NNC(=O)c2ccc(OCCC(C)C)c(Br)c2)c(Br)c1. The van der Waals surface area contributed by atoms with Crippen LogP contribution in [0.4, 0.5) is 0 Å². The molecule has 0 spiro atoms. The molecule has 0 saturated heterocycles. The quantitative estimate of drug-likeness (QED) is 0.484. The molecule has 156 valence electrons. The van der Waals surface area contributed by atoms with E-state index in [4.69, 9.17) is 9.47 Å². The molecule has 2 N–H and O–H groups in total. The molecule has 0 fully saturated rings. The molecule has 0 aromatic heterocycles. The van der Waals surface area contributed by atoms with Gasteiger partial charge in [-0.15, -0.1) is 0 Å². The summed E-state index contributed by atoms with van der Waals surface area (Å²) in [5.41, 5.74) is 6.17. The minimum absolute atomic E-state index is 0.228. The largest absolute Gasteiger partial charge is 0.492 e. The van der Waals surface area contributed by atoms with Crippen LogP contribution in [0, 0.1) is 12.8 Å². The summed E-state index contributed by atoms with van der Waals surface area (Å²) in [6.45, 7) is 6.60. The fourth-order valence-electron chi connectivity index (χ4n) is 2.26. The normalized spacial score (nSPS) is 10.6. The number of nitrogens with one attached hydrogen (secondary N) is 2. The third kappa shape index (κ3) is 7.70. The Balaban J connectivity index is 1.82. The Bertz CT molecular complexity index is 872. The van der Waals surface area contributed by atoms with E-state index in [9.17, 15) is 9.59 Å². The van der Waals surface area contributed by atoms with Crippen LogP contribution in [0.5, 0.6) is 11.5 Å². The van der Waals surface area contributed by atoms with Crippen LogP contribution in [-0.4, -0.2) is 25.0 Å². The van der Waals surface area contributed by atoms with E-state index in [-0.39, 0.29) is 6.61 Å². The molecule has 2 amide bonds. The lowest BCUT2D eigenvalue weighted by Gasteiger charge is -2.12. The third-order valence-corrected chi connectivity index (χ3v) is 5.15. The van der Waals surface area contributed by atoms with Crippen molar-refractivity contribution in [1.82, 2.24) is 10.9 Å². The van der Waals surface area contributed by atoms with Crippen LogP contribution in [0.25, 0.3) is 0 Å². The highest BCUT2D eigenvalue weighted by atomic mass is 79.9. The second-order valence-electron chi connectivity index (χ2n) is 6.90. The zero-order valence-electron chi connectivity index (χ0n) is 16.6. The van der Waals surface area contributed by atoms with Gasteiger partial charge in [-0.1, -0.05) is 19.9 Å². The standard InChI is InChI=1S/C21H24Br2N2O4/c1-13(2)8-9-28-18-7-5-15(11-17(18)23)21(27)25-24-20(26)12-29-19-6-4-14(3)10-16(19)22/h4-7,10-11,13H,8-9,12H2,1-3H3,(H,24,26)(H,25,27). The van der Waals surface area contributed by atoms with E-state index in [0.29, 0.717) is 34.1 Å². The van der Waals surface area contributed by atoms with Crippen LogP contribution in [-0.2, 0) is 4.79 Å². The number of rotatable bonds is 8. The maximum atomic E-state index is 12.2. The van der Waals surface area contributed by atoms with Crippen molar-refractivity contribution in [3.05, 3.63) is 56.5 Å². The molecule has 29 heavy (non-hydrogen) atoms. The zero-order valence-corrected chi connectivity index (χ0v) is 19.7. The highest BCUT2D eigenvalue weighted by Gasteiger charge is 2.11. The van der Waals surface area contributed by atoms with Gasteiger partial charge in [-0.2, -0.15) is 0 Å². The van der Waals surface area contributed by atoms with E-state index >= 15 is 0 Å². The number of aryl methyl sites for hydroxylation is 1. The van der Waals surface area contributed by atoms with Crippen molar-refractivity contribution in [2.24, 2.45) is 5.92 Å². The molecule has 0 saturated carbocycles. The molecule has 2 aromatic carbocycles. The smallest absolute Gasteiger partial charge is 0.276 e. The maximum absolute atomic E-state index is 12.2. The van der Waals surface area contributed by atoms with Gasteiger partial charge in [0, 0.05) is 5.56 Å². The first-order chi connectivity index (χ1) is 13.8. The number of hydrogen-bond acceptors (Lipinski definition) is 4. The first kappa shape index (κ1) is 23.2. The molecular formula is C21H24Br2N2O4. The third-order valence-electron chi connectivity index (χ3n) is 3.91. The molecule has 8 heteroatoms. The Kier molecular flexibility index (Phi) is 8.98. The summed E-state index contributed by atoms with van der Waals surface area (Å²) in [4.78, 5) is 24.2. The minimum atomic E-state index is -0.474. The van der Waals surface area contributed by atoms with Crippen LogP contribution in [0.2, 0.25) is 0 Å². The van der Waals surface area contributed by atoms with Gasteiger partial charge in [-0.05, 0) is 87.0 Å². The first-order valence-electron chi connectivity index (χ1n) is 9.16. The highest BCUT2D eigenvalue weighted by Crippen LogP contribution is 2.27. The molecule has 2 aromatic rings. The lowest BCUT2D eigenvalue weighted by Crippen LogP contribution is -2.43. The van der Waals surface area contributed by atoms with Crippen LogP contribution in [0.3, 0.4) is 0 Å². The second-order valence-corrected chi connectivity index (χ2v) is 8.61. The summed E-state index contributed by atoms with van der Waals surface area (Å²) in [7, 11) is 0. The van der Waals surface area contributed by atoms with Crippen molar-refractivity contribution < 1.29 is 19.1 Å². The van der Waals surface area contributed by atoms with Gasteiger partial charge in [0.1, 0.15) is 11.5 Å². The Labute approximate surface area is 187 Å². The molecule has 2 rings (SSSR count). The van der Waals surface area contributed by atoms with Crippen molar-refractivity contribution in [1.29, 1.82) is 0 Å².